The summed E-state index contributed by atoms with van der Waals surface area (Å²) in [5.74, 6) is 3.56. The van der Waals surface area contributed by atoms with Crippen molar-refractivity contribution in [2.75, 3.05) is 6.54 Å². The lowest BCUT2D eigenvalue weighted by molar-refractivity contribution is 0.0839. The van der Waals surface area contributed by atoms with E-state index in [4.69, 9.17) is 4.42 Å². The molecular formula is C18H25N3O2. The number of aromatic nitrogens is 2. The van der Waals surface area contributed by atoms with Crippen molar-refractivity contribution in [3.05, 3.63) is 42.1 Å². The second kappa shape index (κ2) is 6.13. The zero-order valence-corrected chi connectivity index (χ0v) is 13.6. The van der Waals surface area contributed by atoms with Crippen LogP contribution in [0.3, 0.4) is 0 Å². The normalized spacial score (nSPS) is 25.0. The molecule has 0 amide bonds. The fraction of sp³-hybridized carbons (Fsp3) is 0.611. The maximum atomic E-state index is 10.4. The summed E-state index contributed by atoms with van der Waals surface area (Å²) in [5, 5.41) is 14.5. The number of hydrogen-bond donors (Lipinski definition) is 1. The van der Waals surface area contributed by atoms with Gasteiger partial charge in [0.2, 0.25) is 0 Å². The SMILES string of the molecule is CC1CC1c1ccc(CN(CC(O)Cn2cccn2)C2CC2)o1. The standard InChI is InChI=1S/C18H25N3O2/c1-13-9-17(13)18-6-5-16(23-18)12-20(14-3-4-14)10-15(22)11-21-8-2-7-19-21/h2,5-8,13-15,17,22H,3-4,9-12H2,1H3. The van der Waals surface area contributed by atoms with E-state index in [0.29, 0.717) is 25.0 Å². The van der Waals surface area contributed by atoms with Crippen LogP contribution in [0.2, 0.25) is 0 Å². The van der Waals surface area contributed by atoms with Gasteiger partial charge in [-0.25, -0.2) is 0 Å². The number of aliphatic hydroxyl groups is 1. The van der Waals surface area contributed by atoms with Crippen molar-refractivity contribution in [2.45, 2.75) is 57.3 Å². The first-order valence-corrected chi connectivity index (χ1v) is 8.67. The van der Waals surface area contributed by atoms with E-state index in [1.54, 1.807) is 10.9 Å². The zero-order chi connectivity index (χ0) is 15.8. The zero-order valence-electron chi connectivity index (χ0n) is 13.6. The van der Waals surface area contributed by atoms with Crippen LogP contribution in [0.25, 0.3) is 0 Å². The lowest BCUT2D eigenvalue weighted by Crippen LogP contribution is -2.36. The predicted molar refractivity (Wildman–Crippen MR) is 86.9 cm³/mol. The third-order valence-electron chi connectivity index (χ3n) is 4.98. The average molecular weight is 315 g/mol. The molecule has 3 unspecified atom stereocenters. The summed E-state index contributed by atoms with van der Waals surface area (Å²) in [6.07, 6.45) is 6.92. The molecule has 2 fully saturated rings. The molecule has 0 bridgehead atoms. The van der Waals surface area contributed by atoms with Gasteiger partial charge in [0.15, 0.2) is 0 Å². The molecule has 0 saturated heterocycles. The van der Waals surface area contributed by atoms with E-state index in [2.05, 4.69) is 29.1 Å². The second-order valence-electron chi connectivity index (χ2n) is 7.17. The molecule has 5 nitrogen and oxygen atoms in total. The topological polar surface area (TPSA) is 54.4 Å². The summed E-state index contributed by atoms with van der Waals surface area (Å²) in [6, 6.07) is 6.72. The summed E-state index contributed by atoms with van der Waals surface area (Å²) in [6.45, 7) is 4.27. The number of nitrogens with zero attached hydrogens (tertiary/aromatic N) is 3. The fourth-order valence-corrected chi connectivity index (χ4v) is 3.33. The molecule has 0 spiro atoms. The molecule has 124 valence electrons. The Morgan fingerprint density at radius 1 is 1.43 bits per heavy atom. The Bertz CT molecular complexity index is 632. The number of aliphatic hydroxyl groups excluding tert-OH is 1. The molecule has 0 aromatic carbocycles. The molecule has 1 N–H and O–H groups in total. The van der Waals surface area contributed by atoms with Gasteiger partial charge >= 0.3 is 0 Å². The van der Waals surface area contributed by atoms with E-state index >= 15 is 0 Å². The van der Waals surface area contributed by atoms with Crippen LogP contribution in [-0.2, 0) is 13.1 Å². The lowest BCUT2D eigenvalue weighted by atomic mass is 10.2. The molecule has 2 heterocycles. The third kappa shape index (κ3) is 3.67. The van der Waals surface area contributed by atoms with Crippen molar-refractivity contribution < 1.29 is 9.52 Å². The Kier molecular flexibility index (Phi) is 3.99. The highest BCUT2D eigenvalue weighted by Gasteiger charge is 2.37. The van der Waals surface area contributed by atoms with Gasteiger partial charge in [-0.15, -0.1) is 0 Å². The van der Waals surface area contributed by atoms with Crippen LogP contribution in [0, 0.1) is 5.92 Å². The third-order valence-corrected chi connectivity index (χ3v) is 4.98. The van der Waals surface area contributed by atoms with Gasteiger partial charge in [0.05, 0.1) is 19.2 Å². The molecule has 2 aliphatic carbocycles. The minimum absolute atomic E-state index is 0.409. The van der Waals surface area contributed by atoms with E-state index < -0.39 is 6.10 Å². The van der Waals surface area contributed by atoms with E-state index in [0.717, 1.165) is 24.0 Å². The summed E-state index contributed by atoms with van der Waals surface area (Å²) in [7, 11) is 0. The number of hydrogen-bond acceptors (Lipinski definition) is 4. The highest BCUT2D eigenvalue weighted by Crippen LogP contribution is 2.47. The molecule has 2 aromatic rings. The van der Waals surface area contributed by atoms with E-state index in [-0.39, 0.29) is 0 Å². The quantitative estimate of drug-likeness (QED) is 0.813. The Morgan fingerprint density at radius 3 is 2.91 bits per heavy atom. The minimum atomic E-state index is -0.409. The Morgan fingerprint density at radius 2 is 2.26 bits per heavy atom. The maximum absolute atomic E-state index is 10.4. The summed E-state index contributed by atoms with van der Waals surface area (Å²) < 4.78 is 7.82. The van der Waals surface area contributed by atoms with Gasteiger partial charge in [-0.05, 0) is 43.4 Å². The minimum Gasteiger partial charge on any atom is -0.464 e. The molecule has 23 heavy (non-hydrogen) atoms. The van der Waals surface area contributed by atoms with Crippen LogP contribution in [-0.4, -0.2) is 38.5 Å². The summed E-state index contributed by atoms with van der Waals surface area (Å²) in [4.78, 5) is 2.35. The summed E-state index contributed by atoms with van der Waals surface area (Å²) >= 11 is 0. The van der Waals surface area contributed by atoms with Gasteiger partial charge in [-0.3, -0.25) is 9.58 Å². The van der Waals surface area contributed by atoms with Gasteiger partial charge in [0.25, 0.3) is 0 Å². The largest absolute Gasteiger partial charge is 0.464 e. The summed E-state index contributed by atoms with van der Waals surface area (Å²) in [5.41, 5.74) is 0. The van der Waals surface area contributed by atoms with Gasteiger partial charge in [0.1, 0.15) is 11.5 Å². The molecule has 0 radical (unpaired) electrons. The first kappa shape index (κ1) is 15.0. The van der Waals surface area contributed by atoms with Gasteiger partial charge in [0, 0.05) is 30.9 Å². The van der Waals surface area contributed by atoms with E-state index in [9.17, 15) is 5.11 Å². The fourth-order valence-electron chi connectivity index (χ4n) is 3.33. The van der Waals surface area contributed by atoms with E-state index in [1.165, 1.54) is 19.3 Å². The maximum Gasteiger partial charge on any atom is 0.118 e. The van der Waals surface area contributed by atoms with Crippen LogP contribution in [0.4, 0.5) is 0 Å². The van der Waals surface area contributed by atoms with Crippen LogP contribution in [0.5, 0.6) is 0 Å². The average Bonchev–Trinajstić information content (AvgIpc) is 3.39. The molecule has 5 heteroatoms. The van der Waals surface area contributed by atoms with Crippen molar-refractivity contribution in [1.29, 1.82) is 0 Å². The molecule has 0 aliphatic heterocycles. The lowest BCUT2D eigenvalue weighted by Gasteiger charge is -2.24. The first-order valence-electron chi connectivity index (χ1n) is 8.67. The van der Waals surface area contributed by atoms with Crippen LogP contribution in [0.1, 0.15) is 43.6 Å². The van der Waals surface area contributed by atoms with Gasteiger partial charge in [-0.1, -0.05) is 6.92 Å². The Hall–Kier alpha value is -1.59. The highest BCUT2D eigenvalue weighted by molar-refractivity contribution is 5.17. The smallest absolute Gasteiger partial charge is 0.118 e. The number of furan rings is 1. The highest BCUT2D eigenvalue weighted by atomic mass is 16.3. The molecule has 3 atom stereocenters. The van der Waals surface area contributed by atoms with E-state index in [1.807, 2.05) is 12.3 Å². The molecule has 2 aliphatic rings. The van der Waals surface area contributed by atoms with Crippen molar-refractivity contribution in [3.8, 4) is 0 Å². The Labute approximate surface area is 136 Å². The predicted octanol–water partition coefficient (Wildman–Crippen LogP) is 2.63. The van der Waals surface area contributed by atoms with Gasteiger partial charge in [-0.2, -0.15) is 5.10 Å². The second-order valence-corrected chi connectivity index (χ2v) is 7.17. The molecule has 2 saturated carbocycles. The first-order chi connectivity index (χ1) is 11.2. The van der Waals surface area contributed by atoms with Crippen molar-refractivity contribution in [3.63, 3.8) is 0 Å². The van der Waals surface area contributed by atoms with Crippen LogP contribution in [0.15, 0.2) is 35.0 Å². The molecule has 2 aromatic heterocycles. The molecular weight excluding hydrogens is 290 g/mol. The van der Waals surface area contributed by atoms with Crippen molar-refractivity contribution >= 4 is 0 Å². The van der Waals surface area contributed by atoms with Crippen molar-refractivity contribution in [1.82, 2.24) is 14.7 Å². The van der Waals surface area contributed by atoms with Crippen LogP contribution < -0.4 is 0 Å². The van der Waals surface area contributed by atoms with Gasteiger partial charge < -0.3 is 9.52 Å². The monoisotopic (exact) mass is 315 g/mol. The molecule has 4 rings (SSSR count). The Balaban J connectivity index is 1.35. The van der Waals surface area contributed by atoms with Crippen molar-refractivity contribution in [2.24, 2.45) is 5.92 Å². The number of rotatable bonds is 8. The van der Waals surface area contributed by atoms with Crippen LogP contribution >= 0.6 is 0 Å².